The number of anilines is 1. The van der Waals surface area contributed by atoms with Crippen molar-refractivity contribution in [3.8, 4) is 0 Å². The van der Waals surface area contributed by atoms with Crippen LogP contribution in [0, 0.1) is 11.8 Å². The number of nitrogens with one attached hydrogen (secondary N) is 1. The zero-order valence-electron chi connectivity index (χ0n) is 16.8. The first-order valence-corrected chi connectivity index (χ1v) is 11.5. The Kier molecular flexibility index (Phi) is 6.38. The van der Waals surface area contributed by atoms with E-state index < -0.39 is 15.9 Å². The smallest absolute Gasteiger partial charge is 0.244 e. The van der Waals surface area contributed by atoms with Crippen LogP contribution in [0.15, 0.2) is 29.2 Å². The molecule has 3 rings (SSSR count). The molecule has 1 aliphatic heterocycles. The number of nitrogens with zero attached hydrogens (tertiary/aromatic N) is 2. The van der Waals surface area contributed by atoms with Crippen molar-refractivity contribution in [3.05, 3.63) is 24.3 Å². The number of hydrogen-bond acceptors (Lipinski definition) is 5. The molecule has 1 saturated heterocycles. The van der Waals surface area contributed by atoms with Crippen LogP contribution in [0.4, 0.5) is 5.69 Å². The summed E-state index contributed by atoms with van der Waals surface area (Å²) in [6, 6.07) is 5.87. The molecule has 0 bridgehead atoms. The lowest BCUT2D eigenvalue weighted by atomic mass is 9.81. The van der Waals surface area contributed by atoms with E-state index >= 15 is 0 Å². The van der Waals surface area contributed by atoms with Gasteiger partial charge in [-0.2, -0.15) is 4.31 Å². The number of likely N-dealkylation sites (tertiary alicyclic amines) is 1. The van der Waals surface area contributed by atoms with Gasteiger partial charge in [-0.05, 0) is 37.1 Å². The normalized spacial score (nSPS) is 22.1. The summed E-state index contributed by atoms with van der Waals surface area (Å²) in [4.78, 5) is 38.5. The quantitative estimate of drug-likeness (QED) is 0.677. The average Bonchev–Trinajstić information content (AvgIpc) is 2.94. The van der Waals surface area contributed by atoms with Crippen LogP contribution in [0.1, 0.15) is 39.5 Å². The highest BCUT2D eigenvalue weighted by atomic mass is 32.2. The monoisotopic (exact) mass is 421 g/mol. The van der Waals surface area contributed by atoms with E-state index in [1.807, 2.05) is 0 Å². The Hall–Kier alpha value is -2.26. The van der Waals surface area contributed by atoms with Gasteiger partial charge < -0.3 is 5.32 Å². The van der Waals surface area contributed by atoms with Crippen LogP contribution in [-0.4, -0.2) is 55.0 Å². The first-order chi connectivity index (χ1) is 13.8. The maximum absolute atomic E-state index is 12.5. The fourth-order valence-corrected chi connectivity index (χ4v) is 5.61. The predicted octanol–water partition coefficient (Wildman–Crippen LogP) is 1.83. The molecule has 1 saturated carbocycles. The third-order valence-corrected chi connectivity index (χ3v) is 7.78. The van der Waals surface area contributed by atoms with Gasteiger partial charge in [-0.25, -0.2) is 8.42 Å². The van der Waals surface area contributed by atoms with Crippen molar-refractivity contribution in [1.82, 2.24) is 9.21 Å². The molecule has 29 heavy (non-hydrogen) atoms. The van der Waals surface area contributed by atoms with E-state index in [-0.39, 0.29) is 35.1 Å². The van der Waals surface area contributed by atoms with Crippen LogP contribution < -0.4 is 5.32 Å². The summed E-state index contributed by atoms with van der Waals surface area (Å²) >= 11 is 0. The largest absolute Gasteiger partial charge is 0.325 e. The molecular formula is C20H27N3O5S. The standard InChI is InChI=1S/C20H27N3O5S/c1-3-22(4-2)29(27,28)15-11-9-14(10-12-15)21-18(24)13-23-19(25)16-7-5-6-8-17(16)20(23)26/h9-12,16-17H,3-8,13H2,1-2H3,(H,21,24)/t16-,17-/m0/s1. The van der Waals surface area contributed by atoms with Gasteiger partial charge in [0.25, 0.3) is 0 Å². The molecular weight excluding hydrogens is 394 g/mol. The molecule has 0 unspecified atom stereocenters. The third-order valence-electron chi connectivity index (χ3n) is 5.72. The molecule has 0 radical (unpaired) electrons. The molecule has 0 spiro atoms. The third kappa shape index (κ3) is 4.20. The first kappa shape index (κ1) is 21.4. The highest BCUT2D eigenvalue weighted by Gasteiger charge is 2.48. The molecule has 1 aliphatic carbocycles. The minimum Gasteiger partial charge on any atom is -0.325 e. The van der Waals surface area contributed by atoms with Crippen molar-refractivity contribution >= 4 is 33.4 Å². The average molecular weight is 422 g/mol. The van der Waals surface area contributed by atoms with Gasteiger partial charge in [0, 0.05) is 18.8 Å². The van der Waals surface area contributed by atoms with Gasteiger partial charge in [0.15, 0.2) is 0 Å². The van der Waals surface area contributed by atoms with Gasteiger partial charge in [-0.3, -0.25) is 19.3 Å². The highest BCUT2D eigenvalue weighted by Crippen LogP contribution is 2.37. The minimum atomic E-state index is -3.57. The zero-order chi connectivity index (χ0) is 21.2. The Morgan fingerprint density at radius 1 is 1.03 bits per heavy atom. The van der Waals surface area contributed by atoms with Crippen molar-refractivity contribution in [2.24, 2.45) is 11.8 Å². The summed E-state index contributed by atoms with van der Waals surface area (Å²) in [6.45, 7) is 3.97. The summed E-state index contributed by atoms with van der Waals surface area (Å²) < 4.78 is 26.4. The van der Waals surface area contributed by atoms with Gasteiger partial charge in [-0.1, -0.05) is 26.7 Å². The van der Waals surface area contributed by atoms with E-state index in [2.05, 4.69) is 5.32 Å². The molecule has 2 aliphatic rings. The van der Waals surface area contributed by atoms with Gasteiger partial charge in [0.1, 0.15) is 6.54 Å². The zero-order valence-corrected chi connectivity index (χ0v) is 17.6. The molecule has 1 heterocycles. The predicted molar refractivity (Wildman–Crippen MR) is 107 cm³/mol. The number of carbonyl (C=O) groups excluding carboxylic acids is 3. The van der Waals surface area contributed by atoms with Crippen molar-refractivity contribution in [1.29, 1.82) is 0 Å². The molecule has 9 heteroatoms. The van der Waals surface area contributed by atoms with Gasteiger partial charge in [0.05, 0.1) is 16.7 Å². The summed E-state index contributed by atoms with van der Waals surface area (Å²) in [5.41, 5.74) is 0.407. The van der Waals surface area contributed by atoms with E-state index in [0.29, 0.717) is 31.6 Å². The van der Waals surface area contributed by atoms with Gasteiger partial charge >= 0.3 is 0 Å². The Morgan fingerprint density at radius 2 is 1.55 bits per heavy atom. The molecule has 1 aromatic carbocycles. The molecule has 2 fully saturated rings. The number of imide groups is 1. The fraction of sp³-hybridized carbons (Fsp3) is 0.550. The molecule has 1 aromatic rings. The van der Waals surface area contributed by atoms with E-state index in [9.17, 15) is 22.8 Å². The van der Waals surface area contributed by atoms with Crippen molar-refractivity contribution < 1.29 is 22.8 Å². The first-order valence-electron chi connectivity index (χ1n) is 10.0. The minimum absolute atomic E-state index is 0.146. The van der Waals surface area contributed by atoms with E-state index in [1.165, 1.54) is 28.6 Å². The molecule has 8 nitrogen and oxygen atoms in total. The van der Waals surface area contributed by atoms with Crippen LogP contribution in [0.25, 0.3) is 0 Å². The Labute approximate surface area is 171 Å². The Balaban J connectivity index is 1.64. The number of amides is 3. The number of rotatable bonds is 7. The van der Waals surface area contributed by atoms with Crippen molar-refractivity contribution in [2.75, 3.05) is 25.0 Å². The maximum Gasteiger partial charge on any atom is 0.244 e. The van der Waals surface area contributed by atoms with Crippen LogP contribution in [0.3, 0.4) is 0 Å². The second kappa shape index (κ2) is 8.62. The van der Waals surface area contributed by atoms with E-state index in [1.54, 1.807) is 13.8 Å². The fourth-order valence-electron chi connectivity index (χ4n) is 4.15. The van der Waals surface area contributed by atoms with Crippen molar-refractivity contribution in [2.45, 2.75) is 44.4 Å². The van der Waals surface area contributed by atoms with Gasteiger partial charge in [-0.15, -0.1) is 0 Å². The molecule has 158 valence electrons. The Bertz CT molecular complexity index is 869. The van der Waals surface area contributed by atoms with Crippen LogP contribution >= 0.6 is 0 Å². The van der Waals surface area contributed by atoms with Crippen LogP contribution in [0.5, 0.6) is 0 Å². The second-order valence-electron chi connectivity index (χ2n) is 7.42. The molecule has 0 aromatic heterocycles. The lowest BCUT2D eigenvalue weighted by Crippen LogP contribution is -2.38. The maximum atomic E-state index is 12.5. The van der Waals surface area contributed by atoms with Crippen molar-refractivity contribution in [3.63, 3.8) is 0 Å². The second-order valence-corrected chi connectivity index (χ2v) is 9.36. The summed E-state index contributed by atoms with van der Waals surface area (Å²) in [5, 5.41) is 2.63. The number of hydrogen-bond donors (Lipinski definition) is 1. The van der Waals surface area contributed by atoms with E-state index in [0.717, 1.165) is 17.7 Å². The summed E-state index contributed by atoms with van der Waals surface area (Å²) in [7, 11) is -3.57. The van der Waals surface area contributed by atoms with Crippen LogP contribution in [0.2, 0.25) is 0 Å². The van der Waals surface area contributed by atoms with Gasteiger partial charge in [0.2, 0.25) is 27.7 Å². The number of sulfonamides is 1. The Morgan fingerprint density at radius 3 is 2.03 bits per heavy atom. The summed E-state index contributed by atoms with van der Waals surface area (Å²) in [6.07, 6.45) is 3.28. The number of carbonyl (C=O) groups is 3. The lowest BCUT2D eigenvalue weighted by Gasteiger charge is -2.19. The number of benzene rings is 1. The number of fused-ring (bicyclic) bond motifs is 1. The van der Waals surface area contributed by atoms with E-state index in [4.69, 9.17) is 0 Å². The lowest BCUT2D eigenvalue weighted by molar-refractivity contribution is -0.142. The van der Waals surface area contributed by atoms with Crippen LogP contribution in [-0.2, 0) is 24.4 Å². The topological polar surface area (TPSA) is 104 Å². The molecule has 3 amide bonds. The summed E-state index contributed by atoms with van der Waals surface area (Å²) in [5.74, 6) is -1.56. The molecule has 1 N–H and O–H groups in total. The molecule has 2 atom stereocenters. The SMILES string of the molecule is CCN(CC)S(=O)(=O)c1ccc(NC(=O)CN2C(=O)[C@H]3CCCC[C@@H]3C2=O)cc1. The highest BCUT2D eigenvalue weighted by molar-refractivity contribution is 7.89.